The Balaban J connectivity index is 2.12. The van der Waals surface area contributed by atoms with Crippen molar-refractivity contribution in [3.8, 4) is 5.75 Å². The Kier molecular flexibility index (Phi) is 3.30. The molecule has 19 heavy (non-hydrogen) atoms. The van der Waals surface area contributed by atoms with Gasteiger partial charge in [0.25, 0.3) is 5.56 Å². The first-order valence-electron chi connectivity index (χ1n) is 6.15. The molecule has 0 bridgehead atoms. The lowest BCUT2D eigenvalue weighted by Crippen LogP contribution is -2.23. The number of hydrogen-bond donors (Lipinski definition) is 1. The molecule has 1 aromatic heterocycles. The fourth-order valence-corrected chi connectivity index (χ4v) is 2.64. The number of para-hydroxylation sites is 1. The van der Waals surface area contributed by atoms with Gasteiger partial charge < -0.3 is 9.72 Å². The minimum atomic E-state index is -0.0629. The van der Waals surface area contributed by atoms with Crippen molar-refractivity contribution in [1.82, 2.24) is 9.97 Å². The maximum atomic E-state index is 11.9. The van der Waals surface area contributed by atoms with Crippen LogP contribution in [0.2, 0.25) is 0 Å². The molecule has 1 aliphatic rings. The normalized spacial score (nSPS) is 17.7. The number of rotatable bonds is 1. The second-order valence-corrected chi connectivity index (χ2v) is 5.66. The van der Waals surface area contributed by atoms with Crippen molar-refractivity contribution in [3.05, 3.63) is 55.3 Å². The number of benzene rings is 1. The third-order valence-electron chi connectivity index (χ3n) is 3.34. The molecular weight excluding hydrogens is 355 g/mol. The summed E-state index contributed by atoms with van der Waals surface area (Å²) in [6, 6.07) is 7.93. The van der Waals surface area contributed by atoms with E-state index in [0.29, 0.717) is 10.2 Å². The average molecular weight is 368 g/mol. The Bertz CT molecular complexity index is 681. The van der Waals surface area contributed by atoms with Crippen molar-refractivity contribution in [2.75, 3.05) is 6.61 Å². The van der Waals surface area contributed by atoms with Gasteiger partial charge in [-0.15, -0.1) is 0 Å². The zero-order valence-corrected chi connectivity index (χ0v) is 12.6. The second kappa shape index (κ2) is 4.96. The van der Waals surface area contributed by atoms with Crippen LogP contribution in [0.25, 0.3) is 0 Å². The van der Waals surface area contributed by atoms with E-state index in [2.05, 4.69) is 9.97 Å². The van der Waals surface area contributed by atoms with Crippen LogP contribution in [0.5, 0.6) is 5.75 Å². The summed E-state index contributed by atoms with van der Waals surface area (Å²) in [5.74, 6) is 1.73. The molecule has 0 saturated carbocycles. The molecule has 1 N–H and O–H groups in total. The summed E-state index contributed by atoms with van der Waals surface area (Å²) in [6.07, 6.45) is 0.833. The molecule has 0 amide bonds. The van der Waals surface area contributed by atoms with Gasteiger partial charge >= 0.3 is 0 Å². The first-order valence-corrected chi connectivity index (χ1v) is 7.22. The largest absolute Gasteiger partial charge is 0.493 e. The molecular formula is C14H13IN2O2. The van der Waals surface area contributed by atoms with Crippen molar-refractivity contribution in [1.29, 1.82) is 0 Å². The van der Waals surface area contributed by atoms with Gasteiger partial charge in [-0.1, -0.05) is 18.2 Å². The first-order chi connectivity index (χ1) is 9.16. The number of nitrogens with zero attached hydrogens (tertiary/aromatic N) is 1. The van der Waals surface area contributed by atoms with Crippen LogP contribution in [0, 0.1) is 10.5 Å². The SMILES string of the molecule is Cc1nc(C2CCOc3ccccc32)[nH]c(=O)c1I. The number of hydrogen-bond acceptors (Lipinski definition) is 3. The number of nitrogens with one attached hydrogen (secondary N) is 1. The number of aryl methyl sites for hydroxylation is 1. The standard InChI is InChI=1S/C14H13IN2O2/c1-8-12(15)14(18)17-13(16-8)10-6-7-19-11-5-3-2-4-9(10)11/h2-5,10H,6-7H2,1H3,(H,16,17,18). The molecule has 1 unspecified atom stereocenters. The lowest BCUT2D eigenvalue weighted by molar-refractivity contribution is 0.274. The molecule has 1 atom stereocenters. The highest BCUT2D eigenvalue weighted by Crippen LogP contribution is 2.36. The molecule has 2 heterocycles. The van der Waals surface area contributed by atoms with E-state index in [4.69, 9.17) is 4.74 Å². The van der Waals surface area contributed by atoms with E-state index >= 15 is 0 Å². The summed E-state index contributed by atoms with van der Waals surface area (Å²) in [7, 11) is 0. The summed E-state index contributed by atoms with van der Waals surface area (Å²) in [4.78, 5) is 19.3. The molecule has 0 aliphatic carbocycles. The van der Waals surface area contributed by atoms with Gasteiger partial charge in [-0.05, 0) is 42.0 Å². The Morgan fingerprint density at radius 1 is 1.42 bits per heavy atom. The molecule has 5 heteroatoms. The summed E-state index contributed by atoms with van der Waals surface area (Å²) >= 11 is 2.03. The Morgan fingerprint density at radius 2 is 2.21 bits per heavy atom. The molecule has 0 spiro atoms. The van der Waals surface area contributed by atoms with Gasteiger partial charge in [-0.3, -0.25) is 4.79 Å². The van der Waals surface area contributed by atoms with E-state index in [1.165, 1.54) is 0 Å². The third kappa shape index (κ3) is 2.27. The molecule has 0 saturated heterocycles. The van der Waals surface area contributed by atoms with Gasteiger partial charge in [0, 0.05) is 11.5 Å². The number of aromatic nitrogens is 2. The van der Waals surface area contributed by atoms with E-state index in [9.17, 15) is 4.79 Å². The van der Waals surface area contributed by atoms with Crippen LogP contribution in [0.3, 0.4) is 0 Å². The lowest BCUT2D eigenvalue weighted by Gasteiger charge is -2.25. The zero-order valence-electron chi connectivity index (χ0n) is 10.4. The minimum absolute atomic E-state index is 0.0629. The van der Waals surface area contributed by atoms with Crippen LogP contribution < -0.4 is 10.3 Å². The summed E-state index contributed by atoms with van der Waals surface area (Å²) in [6.45, 7) is 2.52. The van der Waals surface area contributed by atoms with Gasteiger partial charge in [-0.2, -0.15) is 0 Å². The maximum Gasteiger partial charge on any atom is 0.264 e. The molecule has 98 valence electrons. The number of aromatic amines is 1. The predicted molar refractivity (Wildman–Crippen MR) is 80.7 cm³/mol. The van der Waals surface area contributed by atoms with E-state index in [1.54, 1.807) is 0 Å². The van der Waals surface area contributed by atoms with Gasteiger partial charge in [0.2, 0.25) is 0 Å². The van der Waals surface area contributed by atoms with Crippen LogP contribution >= 0.6 is 22.6 Å². The average Bonchev–Trinajstić information content (AvgIpc) is 2.43. The monoisotopic (exact) mass is 368 g/mol. The van der Waals surface area contributed by atoms with Crippen molar-refractivity contribution in [2.45, 2.75) is 19.3 Å². The van der Waals surface area contributed by atoms with Crippen molar-refractivity contribution in [2.24, 2.45) is 0 Å². The number of fused-ring (bicyclic) bond motifs is 1. The fourth-order valence-electron chi connectivity index (χ4n) is 2.38. The quantitative estimate of drug-likeness (QED) is 0.788. The molecule has 1 aliphatic heterocycles. The Morgan fingerprint density at radius 3 is 3.00 bits per heavy atom. The second-order valence-electron chi connectivity index (χ2n) is 4.58. The predicted octanol–water partition coefficient (Wildman–Crippen LogP) is 2.60. The minimum Gasteiger partial charge on any atom is -0.493 e. The molecule has 2 aromatic rings. The van der Waals surface area contributed by atoms with Gasteiger partial charge in [0.1, 0.15) is 11.6 Å². The maximum absolute atomic E-state index is 11.9. The molecule has 3 rings (SSSR count). The Hall–Kier alpha value is -1.37. The highest BCUT2D eigenvalue weighted by atomic mass is 127. The highest BCUT2D eigenvalue weighted by Gasteiger charge is 2.25. The fraction of sp³-hybridized carbons (Fsp3) is 0.286. The molecule has 4 nitrogen and oxygen atoms in total. The van der Waals surface area contributed by atoms with E-state index < -0.39 is 0 Å². The zero-order chi connectivity index (χ0) is 13.4. The van der Waals surface area contributed by atoms with Gasteiger partial charge in [0.05, 0.1) is 15.9 Å². The highest BCUT2D eigenvalue weighted by molar-refractivity contribution is 14.1. The summed E-state index contributed by atoms with van der Waals surface area (Å²) in [5.41, 5.74) is 1.81. The van der Waals surface area contributed by atoms with Gasteiger partial charge in [0.15, 0.2) is 0 Å². The van der Waals surface area contributed by atoms with Gasteiger partial charge in [-0.25, -0.2) is 4.98 Å². The number of H-pyrrole nitrogens is 1. The molecule has 0 fully saturated rings. The third-order valence-corrected chi connectivity index (χ3v) is 4.61. The smallest absolute Gasteiger partial charge is 0.264 e. The van der Waals surface area contributed by atoms with Crippen molar-refractivity contribution >= 4 is 22.6 Å². The van der Waals surface area contributed by atoms with Crippen LogP contribution in [-0.4, -0.2) is 16.6 Å². The first kappa shape index (κ1) is 12.7. The molecule has 1 aromatic carbocycles. The van der Waals surface area contributed by atoms with Crippen LogP contribution in [0.4, 0.5) is 0 Å². The van der Waals surface area contributed by atoms with Crippen LogP contribution in [-0.2, 0) is 0 Å². The summed E-state index contributed by atoms with van der Waals surface area (Å²) in [5, 5.41) is 0. The van der Waals surface area contributed by atoms with Crippen molar-refractivity contribution < 1.29 is 4.74 Å². The van der Waals surface area contributed by atoms with Crippen LogP contribution in [0.1, 0.15) is 29.4 Å². The van der Waals surface area contributed by atoms with Crippen molar-refractivity contribution in [3.63, 3.8) is 0 Å². The summed E-state index contributed by atoms with van der Waals surface area (Å²) < 4.78 is 6.29. The Labute approximate surface area is 124 Å². The topological polar surface area (TPSA) is 55.0 Å². The number of ether oxygens (including phenoxy) is 1. The lowest BCUT2D eigenvalue weighted by atomic mass is 9.92. The van der Waals surface area contributed by atoms with E-state index in [-0.39, 0.29) is 11.5 Å². The van der Waals surface area contributed by atoms with Crippen LogP contribution in [0.15, 0.2) is 29.1 Å². The van der Waals surface area contributed by atoms with E-state index in [0.717, 1.165) is 29.3 Å². The number of halogens is 1. The molecule has 0 radical (unpaired) electrons. The van der Waals surface area contributed by atoms with E-state index in [1.807, 2.05) is 53.8 Å².